The van der Waals surface area contributed by atoms with Crippen LogP contribution in [0.2, 0.25) is 0 Å². The van der Waals surface area contributed by atoms with Crippen LogP contribution in [0.5, 0.6) is 0 Å². The normalized spacial score (nSPS) is 10.9. The van der Waals surface area contributed by atoms with Gasteiger partial charge in [0.1, 0.15) is 39.5 Å². The molecule has 0 aliphatic carbocycles. The van der Waals surface area contributed by atoms with E-state index in [1.807, 2.05) is 126 Å². The van der Waals surface area contributed by atoms with Crippen molar-refractivity contribution < 1.29 is 0 Å². The maximum Gasteiger partial charge on any atom is 0.143 e. The average Bonchev–Trinajstić information content (AvgIpc) is 3.25. The Bertz CT molecular complexity index is 4380. The highest BCUT2D eigenvalue weighted by atomic mass is 35.5. The van der Waals surface area contributed by atoms with E-state index >= 15 is 0 Å². The fourth-order valence-electron chi connectivity index (χ4n) is 9.80. The summed E-state index contributed by atoms with van der Waals surface area (Å²) in [6.07, 6.45) is 28.8. The van der Waals surface area contributed by atoms with Gasteiger partial charge >= 0.3 is 0 Å². The Morgan fingerprint density at radius 3 is 1.18 bits per heavy atom. The van der Waals surface area contributed by atoms with Crippen molar-refractivity contribution in [3.8, 4) is 0 Å². The summed E-state index contributed by atoms with van der Waals surface area (Å²) in [4.78, 5) is 43.1. The molecule has 14 aromatic heterocycles. The Balaban J connectivity index is 0.000000133. The van der Waals surface area contributed by atoms with E-state index in [0.29, 0.717) is 19.0 Å². The van der Waals surface area contributed by atoms with Crippen molar-refractivity contribution >= 4 is 136 Å². The third-order valence-electron chi connectivity index (χ3n) is 13.8. The number of aromatic nitrogens is 14. The molecule has 0 saturated carbocycles. The van der Waals surface area contributed by atoms with Crippen LogP contribution in [0.25, 0.3) is 87.7 Å². The average molecular weight is 1290 g/mol. The van der Waals surface area contributed by atoms with Crippen molar-refractivity contribution in [2.75, 3.05) is 28.2 Å². The SMILES string of the molecule is CCc1c[nH]c2ncccc12.CCc1cn(P)c2ncccc12.CN(C)Cc1c[nH]c2ncccc12.CN(C)Cc1cn(P)c2ncccc12.NCc1cn(P)c2ncccc12.Pn1cc(CCl)c2cccnc21.[N-]=[N+]=NCc1cn(P)c2ncccc12. The quantitative estimate of drug-likeness (QED) is 0.0386. The van der Waals surface area contributed by atoms with E-state index in [2.05, 4.69) is 190 Å². The molecule has 0 aliphatic rings. The minimum absolute atomic E-state index is 0.361. The molecule has 454 valence electrons. The first-order valence-corrected chi connectivity index (χ1v) is 31.2. The molecular formula is C62H74ClN20P5. The van der Waals surface area contributed by atoms with Gasteiger partial charge in [0.2, 0.25) is 0 Å². The van der Waals surface area contributed by atoms with Crippen molar-refractivity contribution in [1.29, 1.82) is 0 Å². The minimum atomic E-state index is 0.361. The lowest BCUT2D eigenvalue weighted by Gasteiger charge is -2.07. The van der Waals surface area contributed by atoms with Crippen molar-refractivity contribution in [3.63, 3.8) is 0 Å². The fourth-order valence-corrected chi connectivity index (χ4v) is 11.9. The highest BCUT2D eigenvalue weighted by molar-refractivity contribution is 7.15. The van der Waals surface area contributed by atoms with Gasteiger partial charge in [-0.25, -0.2) is 34.9 Å². The number of aryl methyl sites for hydroxylation is 2. The number of pyridine rings is 7. The van der Waals surface area contributed by atoms with Gasteiger partial charge in [-0.2, -0.15) is 0 Å². The third kappa shape index (κ3) is 16.8. The summed E-state index contributed by atoms with van der Waals surface area (Å²) in [7, 11) is 21.3. The first kappa shape index (κ1) is 66.4. The van der Waals surface area contributed by atoms with Gasteiger partial charge in [0.15, 0.2) is 0 Å². The summed E-state index contributed by atoms with van der Waals surface area (Å²) in [5.74, 6) is 0.531. The minimum Gasteiger partial charge on any atom is -0.346 e. The van der Waals surface area contributed by atoms with Crippen LogP contribution in [-0.4, -0.2) is 105 Å². The lowest BCUT2D eigenvalue weighted by molar-refractivity contribution is 0.404. The monoisotopic (exact) mass is 1290 g/mol. The number of rotatable bonds is 10. The summed E-state index contributed by atoms with van der Waals surface area (Å²) in [6, 6.07) is 28.0. The largest absolute Gasteiger partial charge is 0.346 e. The zero-order valence-electron chi connectivity index (χ0n) is 50.1. The van der Waals surface area contributed by atoms with E-state index in [1.54, 1.807) is 31.0 Å². The summed E-state index contributed by atoms with van der Waals surface area (Å²) in [5.41, 5.74) is 29.2. The van der Waals surface area contributed by atoms with E-state index in [9.17, 15) is 0 Å². The van der Waals surface area contributed by atoms with Gasteiger partial charge in [0.25, 0.3) is 0 Å². The number of azide groups is 1. The zero-order chi connectivity index (χ0) is 62.7. The van der Waals surface area contributed by atoms with Crippen molar-refractivity contribution in [2.45, 2.75) is 58.7 Å². The van der Waals surface area contributed by atoms with Crippen LogP contribution >= 0.6 is 58.6 Å². The number of fused-ring (bicyclic) bond motifs is 7. The van der Waals surface area contributed by atoms with Crippen LogP contribution in [-0.2, 0) is 44.9 Å². The highest BCUT2D eigenvalue weighted by Crippen LogP contribution is 2.26. The molecule has 14 aromatic rings. The van der Waals surface area contributed by atoms with Crippen LogP contribution in [0, 0.1) is 0 Å². The van der Waals surface area contributed by atoms with Crippen LogP contribution in [0.3, 0.4) is 0 Å². The van der Waals surface area contributed by atoms with Crippen LogP contribution in [0.4, 0.5) is 0 Å². The smallest absolute Gasteiger partial charge is 0.143 e. The number of halogens is 1. The lowest BCUT2D eigenvalue weighted by Crippen LogP contribution is -2.10. The molecule has 0 aliphatic heterocycles. The van der Waals surface area contributed by atoms with E-state index in [0.717, 1.165) is 98.3 Å². The van der Waals surface area contributed by atoms with Gasteiger partial charge in [-0.05, 0) is 217 Å². The summed E-state index contributed by atoms with van der Waals surface area (Å²) in [6.45, 7) is 7.13. The molecule has 14 rings (SSSR count). The molecule has 5 atom stereocenters. The maximum atomic E-state index is 8.24. The van der Waals surface area contributed by atoms with E-state index in [-0.39, 0.29) is 0 Å². The molecule has 0 fully saturated rings. The predicted octanol–water partition coefficient (Wildman–Crippen LogP) is 13.8. The Morgan fingerprint density at radius 2 is 0.773 bits per heavy atom. The molecule has 4 N–H and O–H groups in total. The Labute approximate surface area is 528 Å². The maximum absolute atomic E-state index is 8.24. The van der Waals surface area contributed by atoms with Gasteiger partial charge in [-0.15, -0.1) is 11.6 Å². The second kappa shape index (κ2) is 32.6. The molecule has 0 aromatic carbocycles. The molecule has 14 heterocycles. The molecule has 0 spiro atoms. The molecule has 20 nitrogen and oxygen atoms in total. The Morgan fingerprint density at radius 1 is 0.455 bits per heavy atom. The first-order chi connectivity index (χ1) is 42.7. The number of hydrogen-bond acceptors (Lipinski definition) is 11. The van der Waals surface area contributed by atoms with Crippen molar-refractivity contribution in [3.05, 3.63) is 221 Å². The number of nitrogens with one attached hydrogen (secondary N) is 2. The van der Waals surface area contributed by atoms with Gasteiger partial charge in [-0.3, -0.25) is 0 Å². The second-order valence-corrected chi connectivity index (χ2v) is 23.6. The van der Waals surface area contributed by atoms with E-state index in [1.165, 1.54) is 43.8 Å². The number of nitrogens with two attached hydrogens (primary N) is 1. The summed E-state index contributed by atoms with van der Waals surface area (Å²) in [5, 5.41) is 11.8. The van der Waals surface area contributed by atoms with Crippen LogP contribution in [0.15, 0.2) is 177 Å². The molecule has 5 unspecified atom stereocenters. The van der Waals surface area contributed by atoms with E-state index < -0.39 is 0 Å². The number of H-pyrrole nitrogens is 2. The molecular weight excluding hydrogens is 1220 g/mol. The van der Waals surface area contributed by atoms with Crippen LogP contribution in [0.1, 0.15) is 52.8 Å². The predicted molar refractivity (Wildman–Crippen MR) is 380 cm³/mol. The molecule has 0 radical (unpaired) electrons. The van der Waals surface area contributed by atoms with Gasteiger partial charge in [-0.1, -0.05) is 19.0 Å². The highest BCUT2D eigenvalue weighted by Gasteiger charge is 2.10. The van der Waals surface area contributed by atoms with Crippen molar-refractivity contribution in [2.24, 2.45) is 10.8 Å². The fraction of sp³-hybridized carbons (Fsp3) is 0.210. The van der Waals surface area contributed by atoms with Crippen LogP contribution < -0.4 is 5.73 Å². The number of aromatic amines is 2. The Kier molecular flexibility index (Phi) is 24.6. The summed E-state index contributed by atoms with van der Waals surface area (Å²) >= 11 is 5.77. The molecule has 0 amide bonds. The summed E-state index contributed by atoms with van der Waals surface area (Å²) < 4.78 is 9.66. The molecule has 26 heteroatoms. The van der Waals surface area contributed by atoms with Gasteiger partial charge < -0.3 is 47.2 Å². The van der Waals surface area contributed by atoms with Gasteiger partial charge in [0.05, 0.1) is 6.54 Å². The first-order valence-electron chi connectivity index (χ1n) is 28.1. The van der Waals surface area contributed by atoms with Crippen molar-refractivity contribution in [1.82, 2.24) is 76.3 Å². The lowest BCUT2D eigenvalue weighted by atomic mass is 10.2. The molecule has 0 bridgehead atoms. The molecule has 0 saturated heterocycles. The zero-order valence-corrected chi connectivity index (χ0v) is 56.6. The standard InChI is InChI=1S/C10H14N3P.C10H13N3.C9H11N2P.C9H10N2.C8H8ClN2P.C8H8N5P.C8H10N3P/c1-12(2)6-8-7-13(14)10-9(8)4-3-5-11-10;1-13(2)7-8-6-12-10-9(8)4-3-5-11-10;1-2-7-6-11(12)9-8(7)4-3-5-10-9;1-2-7-6-11-9-8(7)4-3-5-10-9;9-4-6-5-11(12)8-7(6)2-1-3-10-8;9-12-11-4-6-5-13(14)8-7(6)2-1-3-10-8;9-4-6-5-11(12)8-7(6)2-1-3-10-8/h3-5,7H,6,14H2,1-2H3;3-6H,7H2,1-2H3,(H,11,12);3-6H,2,12H2,1H3;3-6H,2H2,1H3,(H,10,11);1-3,5H,4,12H2;1-3,5H,4,14H2;1-3,5H,4,9,12H2. The second-order valence-electron chi connectivity index (χ2n) is 20.5. The Hall–Kier alpha value is -7.54. The number of nitrogens with zero attached hydrogens (tertiary/aromatic N) is 17. The van der Waals surface area contributed by atoms with Gasteiger partial charge in [0, 0.05) is 155 Å². The number of hydrogen-bond donors (Lipinski definition) is 3. The van der Waals surface area contributed by atoms with E-state index in [4.69, 9.17) is 22.9 Å². The molecule has 88 heavy (non-hydrogen) atoms. The third-order valence-corrected chi connectivity index (χ3v) is 16.1. The topological polar surface area (TPSA) is 228 Å². The number of alkyl halides is 1.